The van der Waals surface area contributed by atoms with Gasteiger partial charge in [0.1, 0.15) is 67.1 Å². The molecule has 3 fully saturated rings. The van der Waals surface area contributed by atoms with Crippen LogP contribution in [0.2, 0.25) is 0 Å². The minimum atomic E-state index is -5.51. The van der Waals surface area contributed by atoms with E-state index in [1.54, 1.807) is 6.92 Å². The van der Waals surface area contributed by atoms with Crippen LogP contribution in [0.25, 0.3) is 0 Å². The van der Waals surface area contributed by atoms with Gasteiger partial charge in [-0.05, 0) is 6.42 Å². The number of carbonyl (C=O) groups excluding carboxylic acids is 1. The van der Waals surface area contributed by atoms with Crippen molar-refractivity contribution < 1.29 is 116 Å². The first kappa shape index (κ1) is 38.0. The second kappa shape index (κ2) is 15.9. The van der Waals surface area contributed by atoms with Crippen molar-refractivity contribution in [2.24, 2.45) is 0 Å². The summed E-state index contributed by atoms with van der Waals surface area (Å²) in [5.41, 5.74) is 0. The van der Waals surface area contributed by atoms with Crippen LogP contribution in [0.5, 0.6) is 0 Å². The van der Waals surface area contributed by atoms with Crippen molar-refractivity contribution in [1.29, 1.82) is 0 Å². The van der Waals surface area contributed by atoms with E-state index in [1.807, 2.05) is 0 Å². The quantitative estimate of drug-likeness (QED) is 0.0605. The molecule has 0 bridgehead atoms. The SMILES string of the molecule is CCC1OC(OC2C(CO)OC(O)C(NC(C)=O)C2OC2OC(CO)C(O)C(OS(=O)(=O)[O-])C2O)C(O)C(O)C1O.[Na+]. The zero-order valence-corrected chi connectivity index (χ0v) is 25.7. The molecule has 0 radical (unpaired) electrons. The molecule has 0 aromatic carbocycles. The molecule has 3 rings (SSSR count). The van der Waals surface area contributed by atoms with Gasteiger partial charge in [0.2, 0.25) is 16.3 Å². The van der Waals surface area contributed by atoms with E-state index in [-0.39, 0.29) is 36.0 Å². The summed E-state index contributed by atoms with van der Waals surface area (Å²) in [6.45, 7) is 0.825. The number of carbonyl (C=O) groups is 1. The van der Waals surface area contributed by atoms with E-state index in [9.17, 15) is 58.6 Å². The fourth-order valence-electron chi connectivity index (χ4n) is 4.87. The monoisotopic (exact) mass is 645 g/mol. The number of aliphatic hydroxyl groups excluding tert-OH is 8. The molecule has 0 aromatic heterocycles. The maximum absolute atomic E-state index is 12.0. The van der Waals surface area contributed by atoms with Gasteiger partial charge >= 0.3 is 29.6 Å². The van der Waals surface area contributed by atoms with Crippen LogP contribution >= 0.6 is 0 Å². The Morgan fingerprint density at radius 1 is 0.786 bits per heavy atom. The first-order valence-corrected chi connectivity index (χ1v) is 13.9. The smallest absolute Gasteiger partial charge is 0.726 e. The van der Waals surface area contributed by atoms with Crippen molar-refractivity contribution in [2.45, 2.75) is 112 Å². The number of rotatable bonds is 10. The number of hydrogen-bond donors (Lipinski definition) is 9. The topological polar surface area (TPSA) is 304 Å². The molecule has 3 aliphatic rings. The molecular formula is C21H36NNaO18S. The van der Waals surface area contributed by atoms with Gasteiger partial charge in [0.25, 0.3) is 0 Å². The van der Waals surface area contributed by atoms with E-state index in [2.05, 4.69) is 9.50 Å². The fourth-order valence-corrected chi connectivity index (χ4v) is 5.37. The van der Waals surface area contributed by atoms with Crippen molar-refractivity contribution in [3.05, 3.63) is 0 Å². The molecule has 0 spiro atoms. The largest absolute Gasteiger partial charge is 1.00 e. The van der Waals surface area contributed by atoms with Gasteiger partial charge in [-0.2, -0.15) is 0 Å². The van der Waals surface area contributed by atoms with Gasteiger partial charge in [-0.1, -0.05) is 6.92 Å². The summed E-state index contributed by atoms with van der Waals surface area (Å²) < 4.78 is 65.7. The molecule has 0 saturated carbocycles. The van der Waals surface area contributed by atoms with Gasteiger partial charge in [0.15, 0.2) is 18.9 Å². The van der Waals surface area contributed by atoms with Gasteiger partial charge in [0.05, 0.1) is 19.3 Å². The molecule has 3 heterocycles. The van der Waals surface area contributed by atoms with Crippen molar-refractivity contribution in [3.8, 4) is 0 Å². The third-order valence-corrected chi connectivity index (χ3v) is 7.38. The van der Waals surface area contributed by atoms with Gasteiger partial charge in [-0.3, -0.25) is 8.98 Å². The number of hydrogen-bond acceptors (Lipinski definition) is 18. The predicted molar refractivity (Wildman–Crippen MR) is 125 cm³/mol. The minimum absolute atomic E-state index is 0. The summed E-state index contributed by atoms with van der Waals surface area (Å²) in [5.74, 6) is -0.738. The van der Waals surface area contributed by atoms with Crippen molar-refractivity contribution in [1.82, 2.24) is 5.32 Å². The molecule has 240 valence electrons. The Labute approximate surface area is 262 Å². The Kier molecular flexibility index (Phi) is 14.4. The Hall–Kier alpha value is -0.180. The van der Waals surface area contributed by atoms with Crippen LogP contribution in [0.4, 0.5) is 0 Å². The molecule has 1 amide bonds. The number of amides is 1. The second-order valence-electron chi connectivity index (χ2n) is 9.77. The van der Waals surface area contributed by atoms with Crippen LogP contribution in [0, 0.1) is 0 Å². The maximum Gasteiger partial charge on any atom is 1.00 e. The minimum Gasteiger partial charge on any atom is -0.726 e. The number of aliphatic hydroxyl groups is 8. The summed E-state index contributed by atoms with van der Waals surface area (Å²) in [6.07, 6.45) is -24.5. The Balaban J connectivity index is 0.00000616. The van der Waals surface area contributed by atoms with E-state index in [0.717, 1.165) is 6.92 Å². The zero-order chi connectivity index (χ0) is 30.8. The first-order chi connectivity index (χ1) is 19.1. The fraction of sp³-hybridized carbons (Fsp3) is 0.952. The number of ether oxygens (including phenoxy) is 5. The van der Waals surface area contributed by atoms with Crippen LogP contribution < -0.4 is 34.9 Å². The van der Waals surface area contributed by atoms with Gasteiger partial charge in [0, 0.05) is 6.92 Å². The van der Waals surface area contributed by atoms with E-state index < -0.39 is 122 Å². The van der Waals surface area contributed by atoms with E-state index >= 15 is 0 Å². The van der Waals surface area contributed by atoms with E-state index in [1.165, 1.54) is 0 Å². The van der Waals surface area contributed by atoms with E-state index in [0.29, 0.717) is 0 Å². The summed E-state index contributed by atoms with van der Waals surface area (Å²) in [6, 6.07) is -1.57. The normalized spacial score (nSPS) is 44.7. The van der Waals surface area contributed by atoms with Crippen LogP contribution in [-0.4, -0.2) is 165 Å². The molecule has 9 N–H and O–H groups in total. The number of nitrogens with one attached hydrogen (secondary N) is 1. The zero-order valence-electron chi connectivity index (χ0n) is 22.9. The maximum atomic E-state index is 12.0. The predicted octanol–water partition coefficient (Wildman–Crippen LogP) is -9.52. The molecule has 0 aromatic rings. The summed E-state index contributed by atoms with van der Waals surface area (Å²) in [7, 11) is -5.51. The van der Waals surface area contributed by atoms with Gasteiger partial charge in [-0.25, -0.2) is 8.42 Å². The van der Waals surface area contributed by atoms with Crippen molar-refractivity contribution >= 4 is 16.3 Å². The molecule has 15 unspecified atom stereocenters. The summed E-state index contributed by atoms with van der Waals surface area (Å²) >= 11 is 0. The van der Waals surface area contributed by atoms with Crippen molar-refractivity contribution in [3.63, 3.8) is 0 Å². The molecule has 0 aliphatic carbocycles. The van der Waals surface area contributed by atoms with Gasteiger partial charge in [-0.15, -0.1) is 0 Å². The van der Waals surface area contributed by atoms with Crippen LogP contribution in [0.1, 0.15) is 20.3 Å². The van der Waals surface area contributed by atoms with Crippen LogP contribution in [0.3, 0.4) is 0 Å². The third-order valence-electron chi connectivity index (χ3n) is 6.92. The molecular weight excluding hydrogens is 609 g/mol. The van der Waals surface area contributed by atoms with Crippen LogP contribution in [0.15, 0.2) is 0 Å². The molecule has 21 heteroatoms. The standard InChI is InChI=1S/C21H37NO18S.Na/c1-3-7-11(26)13(28)14(29)20(36-7)38-16-9(5-24)35-19(31)10(22-6(2)25)17(16)39-21-15(30)18(40-41(32,33)34)12(27)8(4-23)37-21;/h7-21,23-24,26-31H,3-5H2,1-2H3,(H,22,25)(H,32,33,34);/q;+1/p-1. The van der Waals surface area contributed by atoms with E-state index in [4.69, 9.17) is 23.7 Å². The molecule has 19 nitrogen and oxygen atoms in total. The Morgan fingerprint density at radius 2 is 1.33 bits per heavy atom. The average molecular weight is 646 g/mol. The first-order valence-electron chi connectivity index (χ1n) is 12.6. The summed E-state index contributed by atoms with van der Waals surface area (Å²) in [4.78, 5) is 12.0. The molecule has 3 saturated heterocycles. The summed E-state index contributed by atoms with van der Waals surface area (Å²) in [5, 5.41) is 84.5. The molecule has 42 heavy (non-hydrogen) atoms. The van der Waals surface area contributed by atoms with Crippen molar-refractivity contribution in [2.75, 3.05) is 13.2 Å². The van der Waals surface area contributed by atoms with Crippen LogP contribution in [-0.2, 0) is 43.1 Å². The Morgan fingerprint density at radius 3 is 1.86 bits per heavy atom. The second-order valence-corrected chi connectivity index (χ2v) is 10.8. The molecule has 15 atom stereocenters. The van der Waals surface area contributed by atoms with Gasteiger partial charge < -0.3 is 74.4 Å². The third kappa shape index (κ3) is 8.75. The molecule has 3 aliphatic heterocycles. The average Bonchev–Trinajstić information content (AvgIpc) is 2.90. The Bertz CT molecular complexity index is 977.